The molecule has 3 rings (SSSR count). The standard InChI is InChI=1S/C17H19NO6S/c1-10(2)23-12-3-4-13-14(8-16(19)24-15(13)7-12)17(20)18-11-5-6-25(21,22)9-11/h3-4,7-8,10-11H,5-6,9H2,1-2H3,(H,18,20). The summed E-state index contributed by atoms with van der Waals surface area (Å²) in [7, 11) is -3.10. The Morgan fingerprint density at radius 3 is 2.72 bits per heavy atom. The summed E-state index contributed by atoms with van der Waals surface area (Å²) >= 11 is 0. The third kappa shape index (κ3) is 4.01. The molecular weight excluding hydrogens is 346 g/mol. The quantitative estimate of drug-likeness (QED) is 0.824. The maximum absolute atomic E-state index is 12.5. The van der Waals surface area contributed by atoms with Crippen molar-refractivity contribution in [2.45, 2.75) is 32.4 Å². The normalized spacial score (nSPS) is 19.2. The van der Waals surface area contributed by atoms with Gasteiger partial charge < -0.3 is 14.5 Å². The van der Waals surface area contributed by atoms with Gasteiger partial charge in [0, 0.05) is 23.6 Å². The Kier molecular flexibility index (Phi) is 4.55. The Bertz CT molecular complexity index is 976. The SMILES string of the molecule is CC(C)Oc1ccc2c(C(=O)NC3CCS(=O)(=O)C3)cc(=O)oc2c1. The van der Waals surface area contributed by atoms with Crippen molar-refractivity contribution in [3.8, 4) is 5.75 Å². The third-order valence-corrected chi connectivity index (χ3v) is 5.67. The van der Waals surface area contributed by atoms with Gasteiger partial charge in [0.15, 0.2) is 9.84 Å². The molecule has 0 saturated carbocycles. The van der Waals surface area contributed by atoms with E-state index in [1.54, 1.807) is 18.2 Å². The second-order valence-corrected chi connectivity index (χ2v) is 8.61. The first-order valence-corrected chi connectivity index (χ1v) is 9.81. The second kappa shape index (κ2) is 6.51. The summed E-state index contributed by atoms with van der Waals surface area (Å²) in [5.74, 6) is 0.0263. The van der Waals surface area contributed by atoms with Crippen LogP contribution in [0.15, 0.2) is 33.5 Å². The molecule has 25 heavy (non-hydrogen) atoms. The Labute approximate surface area is 144 Å². The molecule has 1 N–H and O–H groups in total. The van der Waals surface area contributed by atoms with Crippen molar-refractivity contribution in [3.63, 3.8) is 0 Å². The summed E-state index contributed by atoms with van der Waals surface area (Å²) in [6.45, 7) is 3.75. The van der Waals surface area contributed by atoms with Crippen molar-refractivity contribution in [3.05, 3.63) is 40.2 Å². The Balaban J connectivity index is 1.92. The maximum Gasteiger partial charge on any atom is 0.337 e. The highest BCUT2D eigenvalue weighted by Crippen LogP contribution is 2.24. The van der Waals surface area contributed by atoms with Gasteiger partial charge in [-0.1, -0.05) is 0 Å². The number of carbonyl (C=O) groups excluding carboxylic acids is 1. The summed E-state index contributed by atoms with van der Waals surface area (Å²) in [4.78, 5) is 24.3. The van der Waals surface area contributed by atoms with Crippen LogP contribution in [0.4, 0.5) is 0 Å². The number of ether oxygens (including phenoxy) is 1. The zero-order valence-corrected chi connectivity index (χ0v) is 14.8. The minimum absolute atomic E-state index is 0.0417. The lowest BCUT2D eigenvalue weighted by Gasteiger charge is -2.13. The lowest BCUT2D eigenvalue weighted by Crippen LogP contribution is -2.36. The minimum Gasteiger partial charge on any atom is -0.491 e. The van der Waals surface area contributed by atoms with Crippen molar-refractivity contribution in [2.24, 2.45) is 0 Å². The van der Waals surface area contributed by atoms with Crippen molar-refractivity contribution < 1.29 is 22.4 Å². The number of benzene rings is 1. The lowest BCUT2D eigenvalue weighted by molar-refractivity contribution is 0.0942. The molecule has 0 radical (unpaired) electrons. The van der Waals surface area contributed by atoms with Gasteiger partial charge >= 0.3 is 5.63 Å². The van der Waals surface area contributed by atoms with Gasteiger partial charge in [0.25, 0.3) is 5.91 Å². The predicted molar refractivity (Wildman–Crippen MR) is 92.8 cm³/mol. The fraction of sp³-hybridized carbons (Fsp3) is 0.412. The molecule has 1 aliphatic rings. The van der Waals surface area contributed by atoms with Crippen molar-refractivity contribution in [2.75, 3.05) is 11.5 Å². The lowest BCUT2D eigenvalue weighted by atomic mass is 10.1. The number of fused-ring (bicyclic) bond motifs is 1. The molecule has 1 aromatic carbocycles. The number of carbonyl (C=O) groups is 1. The predicted octanol–water partition coefficient (Wildman–Crippen LogP) is 1.50. The summed E-state index contributed by atoms with van der Waals surface area (Å²) in [5.41, 5.74) is -0.250. The number of hydrogen-bond acceptors (Lipinski definition) is 6. The van der Waals surface area contributed by atoms with Gasteiger partial charge in [-0.05, 0) is 32.4 Å². The minimum atomic E-state index is -3.10. The average molecular weight is 365 g/mol. The van der Waals surface area contributed by atoms with E-state index in [9.17, 15) is 18.0 Å². The summed E-state index contributed by atoms with van der Waals surface area (Å²) in [6.07, 6.45) is 0.333. The van der Waals surface area contributed by atoms with E-state index in [2.05, 4.69) is 5.32 Å². The molecule has 8 heteroatoms. The number of amides is 1. The highest BCUT2D eigenvalue weighted by atomic mass is 32.2. The van der Waals surface area contributed by atoms with Crippen LogP contribution in [-0.4, -0.2) is 38.0 Å². The van der Waals surface area contributed by atoms with Crippen LogP contribution in [0.3, 0.4) is 0 Å². The van der Waals surface area contributed by atoms with Crippen LogP contribution in [-0.2, 0) is 9.84 Å². The number of nitrogens with one attached hydrogen (secondary N) is 1. The largest absolute Gasteiger partial charge is 0.491 e. The van der Waals surface area contributed by atoms with E-state index in [1.807, 2.05) is 13.8 Å². The Hall–Kier alpha value is -2.35. The van der Waals surface area contributed by atoms with Gasteiger partial charge in [0.1, 0.15) is 11.3 Å². The summed E-state index contributed by atoms with van der Waals surface area (Å²) in [5, 5.41) is 3.15. The van der Waals surface area contributed by atoms with Gasteiger partial charge in [-0.3, -0.25) is 4.79 Å². The Morgan fingerprint density at radius 2 is 2.08 bits per heavy atom. The number of sulfone groups is 1. The molecule has 2 aromatic rings. The molecule has 1 unspecified atom stereocenters. The molecule has 0 aliphatic carbocycles. The van der Waals surface area contributed by atoms with Gasteiger partial charge in [-0.15, -0.1) is 0 Å². The fourth-order valence-corrected chi connectivity index (χ4v) is 4.52. The van der Waals surface area contributed by atoms with Crippen molar-refractivity contribution >= 4 is 26.7 Å². The monoisotopic (exact) mass is 365 g/mol. The molecule has 7 nitrogen and oxygen atoms in total. The first-order chi connectivity index (χ1) is 11.7. The molecule has 0 spiro atoms. The van der Waals surface area contributed by atoms with Crippen LogP contribution in [0.2, 0.25) is 0 Å². The molecule has 1 fully saturated rings. The average Bonchev–Trinajstić information content (AvgIpc) is 2.84. The first-order valence-electron chi connectivity index (χ1n) is 7.99. The molecule has 0 bridgehead atoms. The highest BCUT2D eigenvalue weighted by Gasteiger charge is 2.29. The molecule has 1 amide bonds. The van der Waals surface area contributed by atoms with E-state index in [4.69, 9.17) is 9.15 Å². The van der Waals surface area contributed by atoms with Crippen LogP contribution < -0.4 is 15.7 Å². The number of rotatable bonds is 4. The van der Waals surface area contributed by atoms with Crippen LogP contribution in [0.5, 0.6) is 5.75 Å². The van der Waals surface area contributed by atoms with E-state index < -0.39 is 27.4 Å². The molecule has 134 valence electrons. The van der Waals surface area contributed by atoms with Crippen molar-refractivity contribution in [1.82, 2.24) is 5.32 Å². The molecule has 1 saturated heterocycles. The fourth-order valence-electron chi connectivity index (χ4n) is 2.85. The van der Waals surface area contributed by atoms with Crippen LogP contribution in [0.25, 0.3) is 11.0 Å². The Morgan fingerprint density at radius 1 is 1.32 bits per heavy atom. The van der Waals surface area contributed by atoms with Gasteiger partial charge in [0.2, 0.25) is 0 Å². The zero-order chi connectivity index (χ0) is 18.2. The topological polar surface area (TPSA) is 103 Å². The van der Waals surface area contributed by atoms with E-state index in [1.165, 1.54) is 0 Å². The van der Waals surface area contributed by atoms with Gasteiger partial charge in [-0.2, -0.15) is 0 Å². The maximum atomic E-state index is 12.5. The van der Waals surface area contributed by atoms with Crippen molar-refractivity contribution in [1.29, 1.82) is 0 Å². The summed E-state index contributed by atoms with van der Waals surface area (Å²) in [6, 6.07) is 5.58. The van der Waals surface area contributed by atoms with E-state index in [-0.39, 0.29) is 28.8 Å². The summed E-state index contributed by atoms with van der Waals surface area (Å²) < 4.78 is 33.8. The van der Waals surface area contributed by atoms with Gasteiger partial charge in [0.05, 0.1) is 23.2 Å². The zero-order valence-electron chi connectivity index (χ0n) is 13.9. The molecule has 1 aromatic heterocycles. The van der Waals surface area contributed by atoms with E-state index in [0.717, 1.165) is 6.07 Å². The smallest absolute Gasteiger partial charge is 0.337 e. The van der Waals surface area contributed by atoms with Crippen LogP contribution in [0, 0.1) is 0 Å². The molecule has 1 aliphatic heterocycles. The number of hydrogen-bond donors (Lipinski definition) is 1. The van der Waals surface area contributed by atoms with Gasteiger partial charge in [-0.25, -0.2) is 13.2 Å². The molecule has 2 heterocycles. The molecule has 1 atom stereocenters. The highest BCUT2D eigenvalue weighted by molar-refractivity contribution is 7.91. The van der Waals surface area contributed by atoms with Crippen LogP contribution >= 0.6 is 0 Å². The first kappa shape index (κ1) is 17.5. The van der Waals surface area contributed by atoms with E-state index in [0.29, 0.717) is 17.6 Å². The molecular formula is C17H19NO6S. The second-order valence-electron chi connectivity index (χ2n) is 6.38. The van der Waals surface area contributed by atoms with Crippen LogP contribution in [0.1, 0.15) is 30.6 Å². The van der Waals surface area contributed by atoms with E-state index >= 15 is 0 Å². The third-order valence-electron chi connectivity index (χ3n) is 3.90.